The van der Waals surface area contributed by atoms with Gasteiger partial charge in [-0.2, -0.15) is 0 Å². The minimum Gasteiger partial charge on any atom is -0.322 e. The third kappa shape index (κ3) is 3.69. The van der Waals surface area contributed by atoms with Crippen LogP contribution in [0.25, 0.3) is 0 Å². The van der Waals surface area contributed by atoms with E-state index in [1.807, 2.05) is 12.1 Å². The quantitative estimate of drug-likeness (QED) is 0.741. The highest BCUT2D eigenvalue weighted by atomic mass is 16.2. The Hall–Kier alpha value is -2.25. The molecule has 0 aliphatic carbocycles. The molecule has 3 aliphatic heterocycles. The maximum atomic E-state index is 12.8. The topological polar surface area (TPSA) is 81.8 Å². The van der Waals surface area contributed by atoms with Gasteiger partial charge in [-0.25, -0.2) is 0 Å². The Morgan fingerprint density at radius 2 is 2.07 bits per heavy atom. The van der Waals surface area contributed by atoms with Gasteiger partial charge in [0.25, 0.3) is 5.91 Å². The summed E-state index contributed by atoms with van der Waals surface area (Å²) in [6.45, 7) is 6.61. The van der Waals surface area contributed by atoms with Gasteiger partial charge in [-0.3, -0.25) is 24.6 Å². The Morgan fingerprint density at radius 3 is 2.86 bits per heavy atom. The lowest BCUT2D eigenvalue weighted by molar-refractivity contribution is -0.136. The molecule has 2 atom stereocenters. The normalized spacial score (nSPS) is 25.8. The zero-order valence-corrected chi connectivity index (χ0v) is 16.4. The highest BCUT2D eigenvalue weighted by molar-refractivity contribution is 6.05. The van der Waals surface area contributed by atoms with E-state index in [1.54, 1.807) is 4.90 Å². The molecule has 150 valence electrons. The van der Waals surface area contributed by atoms with E-state index in [-0.39, 0.29) is 24.1 Å². The Balaban J connectivity index is 1.48. The van der Waals surface area contributed by atoms with Crippen LogP contribution in [0.1, 0.15) is 54.1 Å². The Kier molecular flexibility index (Phi) is 5.46. The number of nitrogens with zero attached hydrogens (tertiary/aromatic N) is 2. The fourth-order valence-corrected chi connectivity index (χ4v) is 4.59. The summed E-state index contributed by atoms with van der Waals surface area (Å²) >= 11 is 0. The average molecular weight is 384 g/mol. The van der Waals surface area contributed by atoms with Crippen LogP contribution in [0.4, 0.5) is 0 Å². The molecule has 0 aromatic heterocycles. The molecular weight excluding hydrogens is 356 g/mol. The van der Waals surface area contributed by atoms with Crippen molar-refractivity contribution in [3.63, 3.8) is 0 Å². The first-order valence-corrected chi connectivity index (χ1v) is 10.3. The van der Waals surface area contributed by atoms with Crippen molar-refractivity contribution in [3.05, 3.63) is 34.9 Å². The van der Waals surface area contributed by atoms with E-state index in [9.17, 15) is 14.4 Å². The Bertz CT molecular complexity index is 792. The molecule has 0 radical (unpaired) electrons. The maximum absolute atomic E-state index is 12.8. The molecule has 1 aromatic rings. The largest absolute Gasteiger partial charge is 0.322 e. The van der Waals surface area contributed by atoms with Crippen LogP contribution < -0.4 is 10.6 Å². The number of imide groups is 1. The number of hydrogen-bond acceptors (Lipinski definition) is 5. The van der Waals surface area contributed by atoms with E-state index in [1.165, 1.54) is 18.4 Å². The van der Waals surface area contributed by atoms with E-state index in [2.05, 4.69) is 28.5 Å². The lowest BCUT2D eigenvalue weighted by Crippen LogP contribution is -2.52. The monoisotopic (exact) mass is 384 g/mol. The molecular formula is C21H28N4O3. The Morgan fingerprint density at radius 1 is 1.21 bits per heavy atom. The van der Waals surface area contributed by atoms with Crippen molar-refractivity contribution in [1.29, 1.82) is 0 Å². The standard InChI is InChI=1S/C21H28N4O3/c1-2-3-16-11-22-8-9-24(16)12-14-4-5-17-15(10-14)13-25(21(17)28)18-6-7-19(26)23-20(18)27/h4-5,10,16,18,22H,2-3,6-9,11-13H2,1H3,(H,23,26,27). The number of rotatable bonds is 5. The summed E-state index contributed by atoms with van der Waals surface area (Å²) in [5.74, 6) is -0.728. The zero-order valence-electron chi connectivity index (χ0n) is 16.4. The molecule has 3 heterocycles. The molecule has 3 aliphatic rings. The molecule has 4 rings (SSSR count). The number of carbonyl (C=O) groups is 3. The molecule has 2 saturated heterocycles. The number of benzene rings is 1. The van der Waals surface area contributed by atoms with E-state index in [0.29, 0.717) is 24.6 Å². The number of hydrogen-bond donors (Lipinski definition) is 2. The smallest absolute Gasteiger partial charge is 0.255 e. The van der Waals surface area contributed by atoms with Crippen LogP contribution in [0.3, 0.4) is 0 Å². The summed E-state index contributed by atoms with van der Waals surface area (Å²) in [4.78, 5) is 40.5. The number of fused-ring (bicyclic) bond motifs is 1. The summed E-state index contributed by atoms with van der Waals surface area (Å²) in [5, 5.41) is 5.83. The molecule has 2 unspecified atom stereocenters. The fourth-order valence-electron chi connectivity index (χ4n) is 4.59. The molecule has 1 aromatic carbocycles. The van der Waals surface area contributed by atoms with E-state index < -0.39 is 6.04 Å². The number of piperazine rings is 1. The molecule has 2 fully saturated rings. The van der Waals surface area contributed by atoms with Crippen molar-refractivity contribution in [2.24, 2.45) is 0 Å². The van der Waals surface area contributed by atoms with Crippen LogP contribution in [0.5, 0.6) is 0 Å². The number of piperidine rings is 1. The van der Waals surface area contributed by atoms with Crippen molar-refractivity contribution in [2.75, 3.05) is 19.6 Å². The fraction of sp³-hybridized carbons (Fsp3) is 0.571. The van der Waals surface area contributed by atoms with Gasteiger partial charge >= 0.3 is 0 Å². The van der Waals surface area contributed by atoms with Crippen molar-refractivity contribution >= 4 is 17.7 Å². The second-order valence-corrected chi connectivity index (χ2v) is 8.01. The summed E-state index contributed by atoms with van der Waals surface area (Å²) in [6, 6.07) is 6.05. The van der Waals surface area contributed by atoms with Gasteiger partial charge in [0.15, 0.2) is 0 Å². The molecule has 3 amide bonds. The predicted octanol–water partition coefficient (Wildman–Crippen LogP) is 1.02. The summed E-state index contributed by atoms with van der Waals surface area (Å²) in [5.41, 5.74) is 2.87. The van der Waals surface area contributed by atoms with E-state index >= 15 is 0 Å². The third-order valence-electron chi connectivity index (χ3n) is 6.07. The van der Waals surface area contributed by atoms with Crippen molar-refractivity contribution in [2.45, 2.75) is 57.8 Å². The minimum absolute atomic E-state index is 0.109. The number of amides is 3. The first-order valence-electron chi connectivity index (χ1n) is 10.3. The molecule has 0 saturated carbocycles. The van der Waals surface area contributed by atoms with Crippen molar-refractivity contribution in [3.8, 4) is 0 Å². The van der Waals surface area contributed by atoms with Crippen LogP contribution in [0.15, 0.2) is 18.2 Å². The summed E-state index contributed by atoms with van der Waals surface area (Å²) in [6.07, 6.45) is 3.03. The van der Waals surface area contributed by atoms with Crippen LogP contribution in [0, 0.1) is 0 Å². The SMILES string of the molecule is CCCC1CNCCN1Cc1ccc2c(c1)CN(C1CCC(=O)NC1=O)C2=O. The second kappa shape index (κ2) is 8.01. The minimum atomic E-state index is -0.553. The average Bonchev–Trinajstić information content (AvgIpc) is 2.99. The van der Waals surface area contributed by atoms with Gasteiger partial charge in [-0.05, 0) is 30.0 Å². The maximum Gasteiger partial charge on any atom is 0.255 e. The van der Waals surface area contributed by atoms with Crippen LogP contribution in [0.2, 0.25) is 0 Å². The third-order valence-corrected chi connectivity index (χ3v) is 6.07. The number of carbonyl (C=O) groups excluding carboxylic acids is 3. The lowest BCUT2D eigenvalue weighted by atomic mass is 10.0. The van der Waals surface area contributed by atoms with Crippen LogP contribution >= 0.6 is 0 Å². The second-order valence-electron chi connectivity index (χ2n) is 8.01. The zero-order chi connectivity index (χ0) is 19.7. The molecule has 28 heavy (non-hydrogen) atoms. The molecule has 0 bridgehead atoms. The van der Waals surface area contributed by atoms with E-state index in [0.717, 1.165) is 31.7 Å². The first-order chi connectivity index (χ1) is 13.6. The van der Waals surface area contributed by atoms with Crippen LogP contribution in [-0.4, -0.2) is 59.2 Å². The first kappa shape index (κ1) is 19.1. The summed E-state index contributed by atoms with van der Waals surface area (Å²) < 4.78 is 0. The van der Waals surface area contributed by atoms with Gasteiger partial charge in [-0.1, -0.05) is 25.5 Å². The van der Waals surface area contributed by atoms with Gasteiger partial charge in [0.2, 0.25) is 11.8 Å². The highest BCUT2D eigenvalue weighted by Gasteiger charge is 2.39. The van der Waals surface area contributed by atoms with Gasteiger partial charge in [-0.15, -0.1) is 0 Å². The predicted molar refractivity (Wildman–Crippen MR) is 104 cm³/mol. The molecule has 7 heteroatoms. The summed E-state index contributed by atoms with van der Waals surface area (Å²) in [7, 11) is 0. The van der Waals surface area contributed by atoms with Crippen molar-refractivity contribution < 1.29 is 14.4 Å². The molecule has 2 N–H and O–H groups in total. The van der Waals surface area contributed by atoms with Crippen LogP contribution in [-0.2, 0) is 22.7 Å². The van der Waals surface area contributed by atoms with Gasteiger partial charge < -0.3 is 10.2 Å². The highest BCUT2D eigenvalue weighted by Crippen LogP contribution is 2.28. The molecule has 0 spiro atoms. The lowest BCUT2D eigenvalue weighted by Gasteiger charge is -2.36. The van der Waals surface area contributed by atoms with Gasteiger partial charge in [0.05, 0.1) is 0 Å². The van der Waals surface area contributed by atoms with E-state index in [4.69, 9.17) is 0 Å². The number of nitrogens with one attached hydrogen (secondary N) is 2. The Labute approximate surface area is 165 Å². The molecule has 7 nitrogen and oxygen atoms in total. The van der Waals surface area contributed by atoms with Crippen molar-refractivity contribution in [1.82, 2.24) is 20.4 Å². The van der Waals surface area contributed by atoms with Gasteiger partial charge in [0.1, 0.15) is 6.04 Å². The van der Waals surface area contributed by atoms with Gasteiger partial charge in [0, 0.05) is 50.7 Å².